The third-order valence-electron chi connectivity index (χ3n) is 4.85. The molecule has 4 rings (SSSR count). The molecule has 1 aromatic carbocycles. The first kappa shape index (κ1) is 17.4. The van der Waals surface area contributed by atoms with E-state index in [2.05, 4.69) is 10.1 Å². The number of aromatic nitrogens is 3. The van der Waals surface area contributed by atoms with Gasteiger partial charge in [0.1, 0.15) is 5.82 Å². The topological polar surface area (TPSA) is 51.0 Å². The van der Waals surface area contributed by atoms with Crippen LogP contribution in [0.15, 0.2) is 54.9 Å². The lowest BCUT2D eigenvalue weighted by atomic mass is 10.2. The van der Waals surface area contributed by atoms with Crippen LogP contribution in [0, 0.1) is 5.82 Å². The summed E-state index contributed by atoms with van der Waals surface area (Å²) >= 11 is 0. The molecule has 1 aliphatic heterocycles. The predicted octanol–water partition coefficient (Wildman–Crippen LogP) is 4.09. The highest BCUT2D eigenvalue weighted by molar-refractivity contribution is 5.93. The Morgan fingerprint density at radius 1 is 1.00 bits per heavy atom. The number of hydrogen-bond acceptors (Lipinski definition) is 3. The predicted molar refractivity (Wildman–Crippen MR) is 101 cm³/mol. The standard InChI is InChI=1S/C21H21FN4O/c22-17-7-9-18(10-8-17)26-20(16-6-5-11-23-15-16)14-19(24-26)21(27)25-12-3-1-2-4-13-25/h5-11,14-15H,1-4,12-13H2. The van der Waals surface area contributed by atoms with E-state index >= 15 is 0 Å². The maximum atomic E-state index is 13.3. The average Bonchev–Trinajstić information content (AvgIpc) is 2.97. The van der Waals surface area contributed by atoms with Crippen molar-refractivity contribution in [3.05, 3.63) is 66.4 Å². The molecule has 0 aliphatic carbocycles. The lowest BCUT2D eigenvalue weighted by Crippen LogP contribution is -2.32. The molecule has 138 valence electrons. The highest BCUT2D eigenvalue weighted by Crippen LogP contribution is 2.25. The van der Waals surface area contributed by atoms with Crippen LogP contribution in [0.2, 0.25) is 0 Å². The van der Waals surface area contributed by atoms with Crippen LogP contribution in [0.5, 0.6) is 0 Å². The number of benzene rings is 1. The molecule has 3 heterocycles. The summed E-state index contributed by atoms with van der Waals surface area (Å²) < 4.78 is 15.0. The van der Waals surface area contributed by atoms with Gasteiger partial charge in [-0.15, -0.1) is 0 Å². The molecule has 1 saturated heterocycles. The molecule has 2 aromatic heterocycles. The van der Waals surface area contributed by atoms with E-state index in [1.807, 2.05) is 17.0 Å². The van der Waals surface area contributed by atoms with Crippen LogP contribution in [0.3, 0.4) is 0 Å². The molecule has 0 radical (unpaired) electrons. The zero-order valence-corrected chi connectivity index (χ0v) is 15.0. The SMILES string of the molecule is O=C(c1cc(-c2cccnc2)n(-c2ccc(F)cc2)n1)N1CCCCCC1. The summed E-state index contributed by atoms with van der Waals surface area (Å²) in [6.07, 6.45) is 7.81. The molecule has 1 fully saturated rings. The first-order valence-corrected chi connectivity index (χ1v) is 9.28. The van der Waals surface area contributed by atoms with E-state index in [9.17, 15) is 9.18 Å². The van der Waals surface area contributed by atoms with E-state index in [1.165, 1.54) is 12.1 Å². The van der Waals surface area contributed by atoms with Gasteiger partial charge in [-0.3, -0.25) is 9.78 Å². The third-order valence-corrected chi connectivity index (χ3v) is 4.85. The van der Waals surface area contributed by atoms with Crippen LogP contribution in [-0.2, 0) is 0 Å². The summed E-state index contributed by atoms with van der Waals surface area (Å²) in [4.78, 5) is 19.1. The molecule has 1 amide bonds. The Bertz CT molecular complexity index is 913. The second-order valence-electron chi connectivity index (χ2n) is 6.75. The van der Waals surface area contributed by atoms with Crippen LogP contribution in [0.1, 0.15) is 36.2 Å². The second-order valence-corrected chi connectivity index (χ2v) is 6.75. The number of hydrogen-bond donors (Lipinski definition) is 0. The van der Waals surface area contributed by atoms with Gasteiger partial charge in [-0.1, -0.05) is 12.8 Å². The summed E-state index contributed by atoms with van der Waals surface area (Å²) in [5, 5.41) is 4.57. The molecule has 0 unspecified atom stereocenters. The van der Waals surface area contributed by atoms with Crippen LogP contribution in [-0.4, -0.2) is 38.7 Å². The Morgan fingerprint density at radius 3 is 2.41 bits per heavy atom. The van der Waals surface area contributed by atoms with Gasteiger partial charge in [-0.25, -0.2) is 9.07 Å². The van der Waals surface area contributed by atoms with Gasteiger partial charge in [-0.05, 0) is 55.3 Å². The third kappa shape index (κ3) is 3.74. The normalized spacial score (nSPS) is 14.8. The number of likely N-dealkylation sites (tertiary alicyclic amines) is 1. The number of nitrogens with zero attached hydrogens (tertiary/aromatic N) is 4. The molecule has 6 heteroatoms. The van der Waals surface area contributed by atoms with Crippen LogP contribution in [0.25, 0.3) is 16.9 Å². The minimum atomic E-state index is -0.310. The number of carbonyl (C=O) groups excluding carboxylic acids is 1. The van der Waals surface area contributed by atoms with Crippen molar-refractivity contribution >= 4 is 5.91 Å². The largest absolute Gasteiger partial charge is 0.337 e. The lowest BCUT2D eigenvalue weighted by molar-refractivity contribution is 0.0755. The first-order chi connectivity index (χ1) is 13.2. The Labute approximate surface area is 157 Å². The molecule has 27 heavy (non-hydrogen) atoms. The van der Waals surface area contributed by atoms with Gasteiger partial charge in [0.15, 0.2) is 5.69 Å². The number of halogens is 1. The van der Waals surface area contributed by atoms with Crippen molar-refractivity contribution in [2.75, 3.05) is 13.1 Å². The summed E-state index contributed by atoms with van der Waals surface area (Å²) in [7, 11) is 0. The van der Waals surface area contributed by atoms with Crippen LogP contribution >= 0.6 is 0 Å². The quantitative estimate of drug-likeness (QED) is 0.703. The van der Waals surface area contributed by atoms with E-state index in [4.69, 9.17) is 0 Å². The summed E-state index contributed by atoms with van der Waals surface area (Å²) in [5.41, 5.74) is 2.71. The van der Waals surface area contributed by atoms with Gasteiger partial charge in [0.05, 0.1) is 11.4 Å². The number of carbonyl (C=O) groups is 1. The van der Waals surface area contributed by atoms with Crippen molar-refractivity contribution in [3.8, 4) is 16.9 Å². The number of pyridine rings is 1. The maximum absolute atomic E-state index is 13.3. The lowest BCUT2D eigenvalue weighted by Gasteiger charge is -2.18. The molecule has 0 spiro atoms. The fourth-order valence-electron chi connectivity index (χ4n) is 3.42. The zero-order valence-electron chi connectivity index (χ0n) is 15.0. The van der Waals surface area contributed by atoms with E-state index in [0.29, 0.717) is 11.4 Å². The smallest absolute Gasteiger partial charge is 0.274 e. The maximum Gasteiger partial charge on any atom is 0.274 e. The minimum absolute atomic E-state index is 0.0529. The first-order valence-electron chi connectivity index (χ1n) is 9.28. The van der Waals surface area contributed by atoms with Crippen molar-refractivity contribution in [2.24, 2.45) is 0 Å². The number of rotatable bonds is 3. The number of amides is 1. The highest BCUT2D eigenvalue weighted by atomic mass is 19.1. The Balaban J connectivity index is 1.75. The van der Waals surface area contributed by atoms with Gasteiger partial charge in [-0.2, -0.15) is 5.10 Å². The average molecular weight is 364 g/mol. The molecular formula is C21H21FN4O. The second kappa shape index (κ2) is 7.70. The minimum Gasteiger partial charge on any atom is -0.337 e. The van der Waals surface area contributed by atoms with Crippen molar-refractivity contribution < 1.29 is 9.18 Å². The summed E-state index contributed by atoms with van der Waals surface area (Å²) in [6.45, 7) is 1.54. The molecule has 0 bridgehead atoms. The fourth-order valence-corrected chi connectivity index (χ4v) is 3.42. The van der Waals surface area contributed by atoms with Crippen molar-refractivity contribution in [2.45, 2.75) is 25.7 Å². The zero-order chi connectivity index (χ0) is 18.6. The van der Waals surface area contributed by atoms with E-state index in [1.54, 1.807) is 35.3 Å². The molecule has 0 N–H and O–H groups in total. The van der Waals surface area contributed by atoms with E-state index < -0.39 is 0 Å². The van der Waals surface area contributed by atoms with Crippen molar-refractivity contribution in [1.82, 2.24) is 19.7 Å². The van der Waals surface area contributed by atoms with E-state index in [0.717, 1.165) is 50.0 Å². The monoisotopic (exact) mass is 364 g/mol. The Hall–Kier alpha value is -3.02. The Morgan fingerprint density at radius 2 is 1.74 bits per heavy atom. The van der Waals surface area contributed by atoms with Crippen molar-refractivity contribution in [3.63, 3.8) is 0 Å². The molecule has 0 saturated carbocycles. The van der Waals surface area contributed by atoms with E-state index in [-0.39, 0.29) is 11.7 Å². The van der Waals surface area contributed by atoms with Crippen LogP contribution in [0.4, 0.5) is 4.39 Å². The van der Waals surface area contributed by atoms with Gasteiger partial charge in [0.25, 0.3) is 5.91 Å². The van der Waals surface area contributed by atoms with Crippen molar-refractivity contribution in [1.29, 1.82) is 0 Å². The molecular weight excluding hydrogens is 343 g/mol. The Kier molecular flexibility index (Phi) is 4.96. The van der Waals surface area contributed by atoms with Crippen LogP contribution < -0.4 is 0 Å². The van der Waals surface area contributed by atoms with Gasteiger partial charge >= 0.3 is 0 Å². The molecule has 1 aliphatic rings. The highest BCUT2D eigenvalue weighted by Gasteiger charge is 2.22. The molecule has 0 atom stereocenters. The molecule has 3 aromatic rings. The van der Waals surface area contributed by atoms with Gasteiger partial charge < -0.3 is 4.90 Å². The van der Waals surface area contributed by atoms with Gasteiger partial charge in [0, 0.05) is 31.0 Å². The summed E-state index contributed by atoms with van der Waals surface area (Å²) in [5.74, 6) is -0.363. The summed E-state index contributed by atoms with van der Waals surface area (Å²) in [6, 6.07) is 11.6. The van der Waals surface area contributed by atoms with Gasteiger partial charge in [0.2, 0.25) is 0 Å². The fraction of sp³-hybridized carbons (Fsp3) is 0.286. The molecule has 5 nitrogen and oxygen atoms in total.